The molecule has 1 unspecified atom stereocenters. The second-order valence-corrected chi connectivity index (χ2v) is 9.34. The van der Waals surface area contributed by atoms with Crippen molar-refractivity contribution in [2.45, 2.75) is 142 Å². The molecule has 2 heteroatoms. The van der Waals surface area contributed by atoms with E-state index in [1.165, 1.54) is 126 Å². The minimum Gasteiger partial charge on any atom is -0.324 e. The lowest BCUT2D eigenvalue weighted by atomic mass is 9.94. The van der Waals surface area contributed by atoms with Crippen LogP contribution in [-0.4, -0.2) is 0 Å². The molecule has 0 amide bonds. The summed E-state index contributed by atoms with van der Waals surface area (Å²) < 4.78 is 0. The molecule has 2 N–H and O–H groups in total. The molecule has 0 bridgehead atoms. The van der Waals surface area contributed by atoms with E-state index in [0.717, 1.165) is 6.42 Å². The summed E-state index contributed by atoms with van der Waals surface area (Å²) in [5.41, 5.74) is 10.5. The van der Waals surface area contributed by atoms with Crippen molar-refractivity contribution in [1.29, 1.82) is 0 Å². The van der Waals surface area contributed by atoms with Crippen molar-refractivity contribution >= 4 is 12.4 Å². The quantitative estimate of drug-likeness (QED) is 0.214. The first-order valence-corrected chi connectivity index (χ1v) is 13.0. The van der Waals surface area contributed by atoms with Crippen molar-refractivity contribution in [1.82, 2.24) is 0 Å². The van der Waals surface area contributed by atoms with Gasteiger partial charge >= 0.3 is 0 Å². The van der Waals surface area contributed by atoms with Gasteiger partial charge in [0.1, 0.15) is 0 Å². The van der Waals surface area contributed by atoms with Gasteiger partial charge in [0.15, 0.2) is 0 Å². The lowest BCUT2D eigenvalue weighted by Crippen LogP contribution is -2.12. The number of hydrogen-bond donors (Lipinski definition) is 1. The van der Waals surface area contributed by atoms with Crippen molar-refractivity contribution in [2.24, 2.45) is 5.73 Å². The van der Waals surface area contributed by atoms with Crippen molar-refractivity contribution in [3.8, 4) is 0 Å². The van der Waals surface area contributed by atoms with Crippen LogP contribution in [0.1, 0.15) is 145 Å². The van der Waals surface area contributed by atoms with E-state index in [2.05, 4.69) is 39.0 Å². The Hall–Kier alpha value is -0.530. The maximum atomic E-state index is 6.43. The molecule has 0 aromatic heterocycles. The van der Waals surface area contributed by atoms with Gasteiger partial charge < -0.3 is 5.73 Å². The normalized spacial score (nSPS) is 12.0. The fourth-order valence-corrected chi connectivity index (χ4v) is 4.42. The van der Waals surface area contributed by atoms with Crippen LogP contribution >= 0.6 is 12.4 Å². The van der Waals surface area contributed by atoms with Gasteiger partial charge in [-0.1, -0.05) is 134 Å². The van der Waals surface area contributed by atoms with Gasteiger partial charge in [0.25, 0.3) is 0 Å². The Morgan fingerprint density at radius 3 is 1.47 bits per heavy atom. The minimum absolute atomic E-state index is 0. The molecule has 0 aliphatic carbocycles. The van der Waals surface area contributed by atoms with E-state index in [1.54, 1.807) is 0 Å². The zero-order chi connectivity index (χ0) is 21.2. The summed E-state index contributed by atoms with van der Waals surface area (Å²) in [6, 6.07) is 6.75. The highest BCUT2D eigenvalue weighted by atomic mass is 35.5. The molecule has 1 rings (SSSR count). The summed E-state index contributed by atoms with van der Waals surface area (Å²) in [5.74, 6) is 0. The molecule has 176 valence electrons. The summed E-state index contributed by atoms with van der Waals surface area (Å²) in [4.78, 5) is 0. The van der Waals surface area contributed by atoms with Gasteiger partial charge in [-0.2, -0.15) is 0 Å². The van der Waals surface area contributed by atoms with E-state index in [1.807, 2.05) is 0 Å². The van der Waals surface area contributed by atoms with Gasteiger partial charge in [0, 0.05) is 6.04 Å². The number of benzene rings is 1. The Kier molecular flexibility index (Phi) is 20.0. The topological polar surface area (TPSA) is 26.0 Å². The first-order chi connectivity index (χ1) is 14.2. The lowest BCUT2D eigenvalue weighted by Gasteiger charge is -2.16. The van der Waals surface area contributed by atoms with E-state index < -0.39 is 0 Å². The van der Waals surface area contributed by atoms with Crippen LogP contribution in [0.4, 0.5) is 0 Å². The fraction of sp³-hybridized carbons (Fsp3) is 0.786. The molecule has 1 aromatic carbocycles. The van der Waals surface area contributed by atoms with Crippen LogP contribution in [0.25, 0.3) is 0 Å². The maximum absolute atomic E-state index is 6.43. The molecule has 0 radical (unpaired) electrons. The molecule has 0 saturated heterocycles. The second kappa shape index (κ2) is 20.4. The van der Waals surface area contributed by atoms with E-state index in [-0.39, 0.29) is 18.4 Å². The number of unbranched alkanes of at least 4 members (excludes halogenated alkanes) is 16. The summed E-state index contributed by atoms with van der Waals surface area (Å²) >= 11 is 0. The molecule has 0 aliphatic heterocycles. The van der Waals surface area contributed by atoms with E-state index in [9.17, 15) is 0 Å². The number of halogens is 1. The van der Waals surface area contributed by atoms with Gasteiger partial charge in [0.2, 0.25) is 0 Å². The first kappa shape index (κ1) is 29.5. The molecule has 30 heavy (non-hydrogen) atoms. The summed E-state index contributed by atoms with van der Waals surface area (Å²) in [6.07, 6.45) is 25.4. The number of aryl methyl sites for hydroxylation is 1. The number of nitrogens with two attached hydrogens (primary N) is 1. The smallest absolute Gasteiger partial charge is 0.0297 e. The standard InChI is InChI=1S/C28H51N.ClH/c1-4-5-6-7-8-9-10-11-12-13-14-15-16-17-18-19-20-24-28(29)27-23-21-22-25(2)26(27)3;/h21-23,28H,4-20,24,29H2,1-3H3;1H. The molecule has 0 fully saturated rings. The second-order valence-electron chi connectivity index (χ2n) is 9.34. The van der Waals surface area contributed by atoms with Crippen LogP contribution in [-0.2, 0) is 0 Å². The average Bonchev–Trinajstić information content (AvgIpc) is 2.72. The Bertz CT molecular complexity index is 499. The Balaban J connectivity index is 0.00000841. The van der Waals surface area contributed by atoms with Crippen LogP contribution in [0.5, 0.6) is 0 Å². The lowest BCUT2D eigenvalue weighted by molar-refractivity contribution is 0.516. The zero-order valence-corrected chi connectivity index (χ0v) is 21.3. The van der Waals surface area contributed by atoms with Gasteiger partial charge in [-0.15, -0.1) is 12.4 Å². The SMILES string of the molecule is CCCCCCCCCCCCCCCCCCCC(N)c1cccc(C)c1C.Cl. The largest absolute Gasteiger partial charge is 0.324 e. The maximum Gasteiger partial charge on any atom is 0.0297 e. The molecular formula is C28H52ClN. The summed E-state index contributed by atoms with van der Waals surface area (Å²) in [7, 11) is 0. The van der Waals surface area contributed by atoms with Crippen molar-refractivity contribution < 1.29 is 0 Å². The third kappa shape index (κ3) is 14.5. The third-order valence-electron chi connectivity index (χ3n) is 6.66. The van der Waals surface area contributed by atoms with Crippen LogP contribution in [0.15, 0.2) is 18.2 Å². The molecule has 0 heterocycles. The highest BCUT2D eigenvalue weighted by molar-refractivity contribution is 5.85. The van der Waals surface area contributed by atoms with Crippen molar-refractivity contribution in [3.63, 3.8) is 0 Å². The third-order valence-corrected chi connectivity index (χ3v) is 6.66. The highest BCUT2D eigenvalue weighted by Gasteiger charge is 2.09. The predicted molar refractivity (Wildman–Crippen MR) is 139 cm³/mol. The van der Waals surface area contributed by atoms with E-state index >= 15 is 0 Å². The van der Waals surface area contributed by atoms with Gasteiger partial charge in [-0.25, -0.2) is 0 Å². The zero-order valence-electron chi connectivity index (χ0n) is 20.5. The molecule has 0 saturated carbocycles. The molecule has 0 aliphatic rings. The number of hydrogen-bond acceptors (Lipinski definition) is 1. The predicted octanol–water partition coefficient (Wildman–Crippen LogP) is 9.77. The average molecular weight is 438 g/mol. The van der Waals surface area contributed by atoms with E-state index in [0.29, 0.717) is 0 Å². The molecule has 1 aromatic rings. The Morgan fingerprint density at radius 1 is 0.633 bits per heavy atom. The Morgan fingerprint density at radius 2 is 1.03 bits per heavy atom. The van der Waals surface area contributed by atoms with Crippen molar-refractivity contribution in [3.05, 3.63) is 34.9 Å². The van der Waals surface area contributed by atoms with Gasteiger partial charge in [0.05, 0.1) is 0 Å². The monoisotopic (exact) mass is 437 g/mol. The van der Waals surface area contributed by atoms with Crippen molar-refractivity contribution in [2.75, 3.05) is 0 Å². The van der Waals surface area contributed by atoms with Crippen LogP contribution in [0.2, 0.25) is 0 Å². The molecule has 1 atom stereocenters. The molecular weight excluding hydrogens is 386 g/mol. The van der Waals surface area contributed by atoms with Crippen LogP contribution < -0.4 is 5.73 Å². The summed E-state index contributed by atoms with van der Waals surface area (Å²) in [5, 5.41) is 0. The van der Waals surface area contributed by atoms with Crippen LogP contribution in [0.3, 0.4) is 0 Å². The molecule has 0 spiro atoms. The summed E-state index contributed by atoms with van der Waals surface area (Å²) in [6.45, 7) is 6.69. The molecule has 1 nitrogen and oxygen atoms in total. The minimum atomic E-state index is 0. The highest BCUT2D eigenvalue weighted by Crippen LogP contribution is 2.23. The number of rotatable bonds is 19. The fourth-order valence-electron chi connectivity index (χ4n) is 4.42. The van der Waals surface area contributed by atoms with Crippen LogP contribution in [0, 0.1) is 13.8 Å². The van der Waals surface area contributed by atoms with E-state index in [4.69, 9.17) is 5.73 Å². The van der Waals surface area contributed by atoms with Gasteiger partial charge in [-0.05, 0) is 37.0 Å². The van der Waals surface area contributed by atoms with Gasteiger partial charge in [-0.3, -0.25) is 0 Å². The Labute approximate surface area is 195 Å². The first-order valence-electron chi connectivity index (χ1n) is 13.0.